The highest BCUT2D eigenvalue weighted by Gasteiger charge is 2.23. The molecule has 1 N–H and O–H groups in total. The molecule has 1 aromatic rings. The second-order valence-corrected chi connectivity index (χ2v) is 5.10. The van der Waals surface area contributed by atoms with Gasteiger partial charge < -0.3 is 10.1 Å². The predicted molar refractivity (Wildman–Crippen MR) is 76.1 cm³/mol. The molecule has 0 aliphatic heterocycles. The smallest absolute Gasteiger partial charge is 0.258 e. The maximum atomic E-state index is 11.7. The van der Waals surface area contributed by atoms with Crippen molar-refractivity contribution in [3.8, 4) is 5.75 Å². The van der Waals surface area contributed by atoms with E-state index in [9.17, 15) is 4.79 Å². The third kappa shape index (κ3) is 5.08. The monoisotopic (exact) mass is 363 g/mol. The summed E-state index contributed by atoms with van der Waals surface area (Å²) >= 11 is 6.74. The number of carbonyl (C=O) groups excluding carboxylic acids is 1. The van der Waals surface area contributed by atoms with E-state index in [0.717, 1.165) is 0 Å². The summed E-state index contributed by atoms with van der Waals surface area (Å²) in [4.78, 5) is 11.7. The third-order valence-corrected chi connectivity index (χ3v) is 4.62. The molecule has 0 saturated carbocycles. The highest BCUT2D eigenvalue weighted by molar-refractivity contribution is 9.09. The van der Waals surface area contributed by atoms with E-state index in [0.29, 0.717) is 16.4 Å². The Morgan fingerprint density at radius 2 is 1.88 bits per heavy atom. The molecule has 1 amide bonds. The molecule has 0 aliphatic carbocycles. The van der Waals surface area contributed by atoms with Crippen molar-refractivity contribution in [3.05, 3.63) is 30.3 Å². The lowest BCUT2D eigenvalue weighted by atomic mass is 10.1. The fourth-order valence-electron chi connectivity index (χ4n) is 1.14. The Morgan fingerprint density at radius 1 is 1.29 bits per heavy atom. The van der Waals surface area contributed by atoms with E-state index >= 15 is 0 Å². The molecule has 0 aliphatic rings. The number of hydrogen-bond acceptors (Lipinski definition) is 2. The van der Waals surface area contributed by atoms with Gasteiger partial charge in [0.05, 0.1) is 5.54 Å². The van der Waals surface area contributed by atoms with Crippen molar-refractivity contribution in [2.45, 2.75) is 12.5 Å². The Kier molecular flexibility index (Phi) is 5.98. The summed E-state index contributed by atoms with van der Waals surface area (Å²) in [6, 6.07) is 9.28. The van der Waals surface area contributed by atoms with Crippen molar-refractivity contribution in [1.82, 2.24) is 5.32 Å². The van der Waals surface area contributed by atoms with Crippen molar-refractivity contribution < 1.29 is 9.53 Å². The van der Waals surface area contributed by atoms with E-state index in [4.69, 9.17) is 4.74 Å². The zero-order valence-corrected chi connectivity index (χ0v) is 12.8. The van der Waals surface area contributed by atoms with Crippen LogP contribution in [0.25, 0.3) is 0 Å². The largest absolute Gasteiger partial charge is 0.484 e. The zero-order valence-electron chi connectivity index (χ0n) is 9.58. The lowest BCUT2D eigenvalue weighted by molar-refractivity contribution is -0.124. The van der Waals surface area contributed by atoms with Crippen molar-refractivity contribution in [2.24, 2.45) is 0 Å². The van der Waals surface area contributed by atoms with Gasteiger partial charge in [-0.3, -0.25) is 4.79 Å². The molecule has 5 heteroatoms. The molecule has 1 rings (SSSR count). The van der Waals surface area contributed by atoms with E-state index in [1.165, 1.54) is 0 Å². The van der Waals surface area contributed by atoms with E-state index in [1.54, 1.807) is 0 Å². The number of halogens is 2. The Labute approximate surface area is 118 Å². The van der Waals surface area contributed by atoms with Gasteiger partial charge in [-0.05, 0) is 19.1 Å². The second kappa shape index (κ2) is 7.01. The first-order chi connectivity index (χ1) is 8.09. The molecular weight excluding hydrogens is 350 g/mol. The summed E-state index contributed by atoms with van der Waals surface area (Å²) in [5, 5.41) is 4.27. The van der Waals surface area contributed by atoms with Crippen molar-refractivity contribution >= 4 is 37.8 Å². The van der Waals surface area contributed by atoms with Gasteiger partial charge in [0.25, 0.3) is 5.91 Å². The van der Waals surface area contributed by atoms with Crippen LogP contribution >= 0.6 is 31.9 Å². The van der Waals surface area contributed by atoms with Crippen LogP contribution < -0.4 is 10.1 Å². The number of nitrogens with one attached hydrogen (secondary N) is 1. The van der Waals surface area contributed by atoms with Crippen LogP contribution in [0.1, 0.15) is 6.92 Å². The van der Waals surface area contributed by atoms with E-state index in [-0.39, 0.29) is 18.1 Å². The molecule has 0 spiro atoms. The van der Waals surface area contributed by atoms with Crippen LogP contribution in [0.4, 0.5) is 0 Å². The van der Waals surface area contributed by atoms with Crippen LogP contribution in [0.2, 0.25) is 0 Å². The van der Waals surface area contributed by atoms with Gasteiger partial charge in [-0.2, -0.15) is 0 Å². The van der Waals surface area contributed by atoms with Gasteiger partial charge in [-0.15, -0.1) is 0 Å². The molecule has 0 unspecified atom stereocenters. The number of alkyl halides is 2. The van der Waals surface area contributed by atoms with Gasteiger partial charge >= 0.3 is 0 Å². The lowest BCUT2D eigenvalue weighted by Gasteiger charge is -2.26. The first-order valence-corrected chi connectivity index (χ1v) is 7.45. The maximum absolute atomic E-state index is 11.7. The zero-order chi connectivity index (χ0) is 12.7. The average molecular weight is 365 g/mol. The molecule has 1 aromatic carbocycles. The molecule has 0 aromatic heterocycles. The summed E-state index contributed by atoms with van der Waals surface area (Å²) < 4.78 is 5.36. The first kappa shape index (κ1) is 14.5. The molecule has 0 saturated heterocycles. The van der Waals surface area contributed by atoms with E-state index < -0.39 is 0 Å². The van der Waals surface area contributed by atoms with Crippen molar-refractivity contribution in [2.75, 3.05) is 17.3 Å². The van der Waals surface area contributed by atoms with Crippen LogP contribution in [0.15, 0.2) is 30.3 Å². The Balaban J connectivity index is 2.40. The van der Waals surface area contributed by atoms with Gasteiger partial charge in [0, 0.05) is 10.7 Å². The number of amides is 1. The number of rotatable bonds is 6. The predicted octanol–water partition coefficient (Wildman–Crippen LogP) is 2.73. The van der Waals surface area contributed by atoms with Crippen LogP contribution in [0, 0.1) is 0 Å². The molecular formula is C12H15Br2NO2. The summed E-state index contributed by atoms with van der Waals surface area (Å²) in [5.41, 5.74) is -0.295. The van der Waals surface area contributed by atoms with Gasteiger partial charge in [0.1, 0.15) is 5.75 Å². The average Bonchev–Trinajstić information content (AvgIpc) is 2.37. The Hall–Kier alpha value is -0.550. The van der Waals surface area contributed by atoms with Crippen molar-refractivity contribution in [1.29, 1.82) is 0 Å². The second-order valence-electron chi connectivity index (χ2n) is 3.98. The lowest BCUT2D eigenvalue weighted by Crippen LogP contribution is -2.50. The summed E-state index contributed by atoms with van der Waals surface area (Å²) in [6.45, 7) is 1.98. The SMILES string of the molecule is CC(CBr)(CBr)NC(=O)COc1ccccc1. The van der Waals surface area contributed by atoms with Gasteiger partial charge in [-0.1, -0.05) is 50.1 Å². The maximum Gasteiger partial charge on any atom is 0.258 e. The van der Waals surface area contributed by atoms with Crippen LogP contribution in [-0.2, 0) is 4.79 Å². The van der Waals surface area contributed by atoms with Gasteiger partial charge in [0.2, 0.25) is 0 Å². The number of hydrogen-bond donors (Lipinski definition) is 1. The topological polar surface area (TPSA) is 38.3 Å². The normalized spacial score (nSPS) is 11.0. The fraction of sp³-hybridized carbons (Fsp3) is 0.417. The number of ether oxygens (including phenoxy) is 1. The Bertz CT molecular complexity index is 353. The van der Waals surface area contributed by atoms with E-state index in [2.05, 4.69) is 37.2 Å². The molecule has 0 atom stereocenters. The summed E-state index contributed by atoms with van der Waals surface area (Å²) in [5.74, 6) is 0.567. The standard InChI is InChI=1S/C12H15Br2NO2/c1-12(8-13,9-14)15-11(16)7-17-10-5-3-2-4-6-10/h2-6H,7-9H2,1H3,(H,15,16). The fourth-order valence-corrected chi connectivity index (χ4v) is 2.35. The van der Waals surface area contributed by atoms with Gasteiger partial charge in [0.15, 0.2) is 6.61 Å². The minimum Gasteiger partial charge on any atom is -0.484 e. The van der Waals surface area contributed by atoms with Crippen LogP contribution in [0.5, 0.6) is 5.75 Å². The minimum atomic E-state index is -0.295. The number of para-hydroxylation sites is 1. The minimum absolute atomic E-state index is 0.0274. The molecule has 94 valence electrons. The quantitative estimate of drug-likeness (QED) is 0.788. The molecule has 17 heavy (non-hydrogen) atoms. The van der Waals surface area contributed by atoms with Crippen LogP contribution in [0.3, 0.4) is 0 Å². The molecule has 0 fully saturated rings. The summed E-state index contributed by atoms with van der Waals surface area (Å²) in [7, 11) is 0. The number of carbonyl (C=O) groups is 1. The highest BCUT2D eigenvalue weighted by Crippen LogP contribution is 2.12. The Morgan fingerprint density at radius 3 is 2.41 bits per heavy atom. The molecule has 3 nitrogen and oxygen atoms in total. The molecule has 0 radical (unpaired) electrons. The van der Waals surface area contributed by atoms with E-state index in [1.807, 2.05) is 37.3 Å². The third-order valence-electron chi connectivity index (χ3n) is 2.14. The van der Waals surface area contributed by atoms with Crippen LogP contribution in [-0.4, -0.2) is 28.7 Å². The first-order valence-electron chi connectivity index (χ1n) is 5.20. The molecule has 0 bridgehead atoms. The summed E-state index contributed by atoms with van der Waals surface area (Å²) in [6.07, 6.45) is 0. The van der Waals surface area contributed by atoms with Gasteiger partial charge in [-0.25, -0.2) is 0 Å². The number of benzene rings is 1. The molecule has 0 heterocycles. The highest BCUT2D eigenvalue weighted by atomic mass is 79.9. The van der Waals surface area contributed by atoms with Crippen molar-refractivity contribution in [3.63, 3.8) is 0 Å².